The topological polar surface area (TPSA) is 77.8 Å². The molecule has 13 aromatic rings. The first-order valence-corrected chi connectivity index (χ1v) is 21.7. The van der Waals surface area contributed by atoms with Gasteiger partial charge in [0.15, 0.2) is 17.2 Å². The SMILES string of the molecule is c1ccc(-c2nc(-c3cccc(-c4cccc5c4sc4ccccc45)c3)cc(-c3cccc4oc5ccc(-c6nc(-c7ccccc7)c7oc8ccccc8c7n6)cc5c34)n2)cc1. The molecule has 0 bridgehead atoms. The first kappa shape index (κ1) is 35.5. The van der Waals surface area contributed by atoms with Crippen molar-refractivity contribution in [3.63, 3.8) is 0 Å². The van der Waals surface area contributed by atoms with Crippen LogP contribution in [0.1, 0.15) is 0 Å². The van der Waals surface area contributed by atoms with Gasteiger partial charge in [-0.05, 0) is 65.7 Å². The van der Waals surface area contributed by atoms with E-state index in [0.29, 0.717) is 17.2 Å². The number of para-hydroxylation sites is 1. The first-order chi connectivity index (χ1) is 31.2. The molecule has 6 nitrogen and oxygen atoms in total. The Bertz CT molecular complexity index is 3930. The Hall–Kier alpha value is -8.26. The third-order valence-electron chi connectivity index (χ3n) is 11.9. The number of nitrogens with zero attached hydrogens (tertiary/aromatic N) is 4. The van der Waals surface area contributed by atoms with Crippen molar-refractivity contribution in [2.24, 2.45) is 0 Å². The summed E-state index contributed by atoms with van der Waals surface area (Å²) in [7, 11) is 0. The van der Waals surface area contributed by atoms with E-state index in [0.717, 1.165) is 88.9 Å². The highest BCUT2D eigenvalue weighted by atomic mass is 32.1. The average Bonchev–Trinajstić information content (AvgIpc) is 4.05. The van der Waals surface area contributed by atoms with E-state index >= 15 is 0 Å². The quantitative estimate of drug-likeness (QED) is 0.166. The Balaban J connectivity index is 0.989. The Morgan fingerprint density at radius 2 is 1.02 bits per heavy atom. The highest BCUT2D eigenvalue weighted by molar-refractivity contribution is 7.26. The number of hydrogen-bond acceptors (Lipinski definition) is 7. The second-order valence-corrected chi connectivity index (χ2v) is 16.8. The maximum atomic E-state index is 6.57. The molecule has 0 unspecified atom stereocenters. The smallest absolute Gasteiger partial charge is 0.180 e. The van der Waals surface area contributed by atoms with Gasteiger partial charge in [0.25, 0.3) is 0 Å². The van der Waals surface area contributed by atoms with E-state index in [4.69, 9.17) is 28.8 Å². The zero-order chi connectivity index (χ0) is 41.4. The zero-order valence-electron chi connectivity index (χ0n) is 33.5. The average molecular weight is 825 g/mol. The maximum Gasteiger partial charge on any atom is 0.180 e. The van der Waals surface area contributed by atoms with Crippen LogP contribution in [-0.4, -0.2) is 19.9 Å². The van der Waals surface area contributed by atoms with Crippen molar-refractivity contribution in [2.75, 3.05) is 0 Å². The van der Waals surface area contributed by atoms with Gasteiger partial charge in [-0.2, -0.15) is 0 Å². The molecule has 0 fully saturated rings. The number of fused-ring (bicyclic) bond motifs is 9. The van der Waals surface area contributed by atoms with Gasteiger partial charge < -0.3 is 8.83 Å². The molecule has 0 aliphatic carbocycles. The van der Waals surface area contributed by atoms with Gasteiger partial charge in [0.1, 0.15) is 28.0 Å². The fourth-order valence-electron chi connectivity index (χ4n) is 8.96. The highest BCUT2D eigenvalue weighted by Gasteiger charge is 2.21. The summed E-state index contributed by atoms with van der Waals surface area (Å²) in [4.78, 5) is 20.9. The van der Waals surface area contributed by atoms with Gasteiger partial charge >= 0.3 is 0 Å². The van der Waals surface area contributed by atoms with Crippen LogP contribution >= 0.6 is 11.3 Å². The van der Waals surface area contributed by atoms with Crippen molar-refractivity contribution in [1.82, 2.24) is 19.9 Å². The van der Waals surface area contributed by atoms with Crippen molar-refractivity contribution in [3.8, 4) is 67.7 Å². The van der Waals surface area contributed by atoms with Gasteiger partial charge in [0, 0.05) is 64.1 Å². The van der Waals surface area contributed by atoms with Gasteiger partial charge in [-0.25, -0.2) is 19.9 Å². The normalized spacial score (nSPS) is 11.8. The van der Waals surface area contributed by atoms with Crippen LogP contribution in [0.25, 0.3) is 132 Å². The fraction of sp³-hybridized carbons (Fsp3) is 0. The van der Waals surface area contributed by atoms with Crippen molar-refractivity contribution < 1.29 is 8.83 Å². The predicted molar refractivity (Wildman–Crippen MR) is 258 cm³/mol. The minimum Gasteiger partial charge on any atom is -0.456 e. The number of furan rings is 2. The lowest BCUT2D eigenvalue weighted by Gasteiger charge is -2.12. The minimum atomic E-state index is 0.601. The van der Waals surface area contributed by atoms with Crippen molar-refractivity contribution >= 4 is 75.5 Å². The molecule has 63 heavy (non-hydrogen) atoms. The van der Waals surface area contributed by atoms with Crippen molar-refractivity contribution in [2.45, 2.75) is 0 Å². The fourth-order valence-corrected chi connectivity index (χ4v) is 10.2. The molecule has 13 rings (SSSR count). The van der Waals surface area contributed by atoms with Crippen LogP contribution in [0.5, 0.6) is 0 Å². The van der Waals surface area contributed by atoms with E-state index in [-0.39, 0.29) is 0 Å². The van der Waals surface area contributed by atoms with Gasteiger partial charge in [-0.1, -0.05) is 140 Å². The highest BCUT2D eigenvalue weighted by Crippen LogP contribution is 2.43. The summed E-state index contributed by atoms with van der Waals surface area (Å²) in [5, 5.41) is 5.41. The van der Waals surface area contributed by atoms with Crippen LogP contribution in [-0.2, 0) is 0 Å². The van der Waals surface area contributed by atoms with E-state index in [9.17, 15) is 0 Å². The van der Waals surface area contributed by atoms with Crippen LogP contribution in [0, 0.1) is 0 Å². The Labute approximate surface area is 364 Å². The summed E-state index contributed by atoms with van der Waals surface area (Å²) < 4.78 is 15.5. The molecule has 0 spiro atoms. The Morgan fingerprint density at radius 1 is 0.365 bits per heavy atom. The van der Waals surface area contributed by atoms with Gasteiger partial charge in [-0.3, -0.25) is 0 Å². The van der Waals surface area contributed by atoms with Crippen molar-refractivity contribution in [1.29, 1.82) is 0 Å². The van der Waals surface area contributed by atoms with Crippen LogP contribution in [0.15, 0.2) is 203 Å². The molecule has 7 heteroatoms. The van der Waals surface area contributed by atoms with Crippen LogP contribution in [0.4, 0.5) is 0 Å². The zero-order valence-corrected chi connectivity index (χ0v) is 34.3. The minimum absolute atomic E-state index is 0.601. The van der Waals surface area contributed by atoms with Gasteiger partial charge in [0.2, 0.25) is 0 Å². The largest absolute Gasteiger partial charge is 0.456 e. The van der Waals surface area contributed by atoms with Gasteiger partial charge in [0.05, 0.1) is 11.4 Å². The summed E-state index contributed by atoms with van der Waals surface area (Å²) in [6.07, 6.45) is 0. The molecule has 0 radical (unpaired) electrons. The lowest BCUT2D eigenvalue weighted by Crippen LogP contribution is -1.96. The molecule has 0 aliphatic heterocycles. The molecule has 0 atom stereocenters. The number of benzene rings is 8. The van der Waals surface area contributed by atoms with Crippen LogP contribution in [0.3, 0.4) is 0 Å². The summed E-state index contributed by atoms with van der Waals surface area (Å²) in [5.74, 6) is 1.25. The second kappa shape index (κ2) is 14.2. The lowest BCUT2D eigenvalue weighted by atomic mass is 9.98. The molecule has 5 aromatic heterocycles. The summed E-state index contributed by atoms with van der Waals surface area (Å²) >= 11 is 1.84. The van der Waals surface area contributed by atoms with E-state index < -0.39 is 0 Å². The Kier molecular flexibility index (Phi) is 7.98. The predicted octanol–water partition coefficient (Wildman–Crippen LogP) is 15.4. The molecular weight excluding hydrogens is 793 g/mol. The molecule has 294 valence electrons. The number of aromatic nitrogens is 4. The number of rotatable bonds is 6. The first-order valence-electron chi connectivity index (χ1n) is 20.9. The molecule has 0 saturated carbocycles. The summed E-state index contributed by atoms with van der Waals surface area (Å²) in [6.45, 7) is 0. The molecule has 0 saturated heterocycles. The summed E-state index contributed by atoms with van der Waals surface area (Å²) in [6, 6.07) is 66.8. The number of thiophene rings is 1. The van der Waals surface area contributed by atoms with E-state index in [2.05, 4.69) is 109 Å². The van der Waals surface area contributed by atoms with Crippen molar-refractivity contribution in [3.05, 3.63) is 194 Å². The lowest BCUT2D eigenvalue weighted by molar-refractivity contribution is 0.667. The third kappa shape index (κ3) is 5.86. The molecule has 0 N–H and O–H groups in total. The maximum absolute atomic E-state index is 6.57. The molecular formula is C56H32N4O2S. The summed E-state index contributed by atoms with van der Waals surface area (Å²) in [5.41, 5.74) is 13.2. The second-order valence-electron chi connectivity index (χ2n) is 15.7. The molecule has 0 amide bonds. The standard InChI is InChI=1S/C56H32N4O2S/c1-3-14-33(15-4-1)51-53-52(42-21-7-9-25-46(42)62-53)60-56(59-51)37-28-29-47-43(31-37)50-41(24-13-26-48(50)61-47)45-32-44(57-55(58-45)34-16-5-2-6-17-34)36-19-11-18-35(30-36)38-22-12-23-40-39-20-8-10-27-49(39)63-54(38)40/h1-32H. The molecule has 5 heterocycles. The van der Waals surface area contributed by atoms with E-state index in [1.807, 2.05) is 96.3 Å². The molecule has 0 aliphatic rings. The third-order valence-corrected chi connectivity index (χ3v) is 13.1. The Morgan fingerprint density at radius 3 is 1.90 bits per heavy atom. The van der Waals surface area contributed by atoms with E-state index in [1.165, 1.54) is 25.7 Å². The van der Waals surface area contributed by atoms with Crippen LogP contribution in [0.2, 0.25) is 0 Å². The molecule has 8 aromatic carbocycles. The van der Waals surface area contributed by atoms with Gasteiger partial charge in [-0.15, -0.1) is 11.3 Å². The number of hydrogen-bond donors (Lipinski definition) is 0. The van der Waals surface area contributed by atoms with Crippen LogP contribution < -0.4 is 0 Å². The van der Waals surface area contributed by atoms with E-state index in [1.54, 1.807) is 0 Å². The monoisotopic (exact) mass is 824 g/mol.